The summed E-state index contributed by atoms with van der Waals surface area (Å²) in [6.45, 7) is 12.1. The molecule has 4 aliphatic carbocycles. The van der Waals surface area contributed by atoms with Crippen LogP contribution in [-0.2, 0) is 4.79 Å². The molecule has 164 valence electrons. The van der Waals surface area contributed by atoms with E-state index in [0.29, 0.717) is 29.5 Å². The first-order valence-corrected chi connectivity index (χ1v) is 12.6. The summed E-state index contributed by atoms with van der Waals surface area (Å²) in [7, 11) is 0. The molecule has 2 heteroatoms. The summed E-state index contributed by atoms with van der Waals surface area (Å²) in [5.41, 5.74) is 3.31. The molecule has 0 aromatic heterocycles. The van der Waals surface area contributed by atoms with Crippen LogP contribution >= 0.6 is 0 Å². The van der Waals surface area contributed by atoms with Gasteiger partial charge in [0.1, 0.15) is 0 Å². The van der Waals surface area contributed by atoms with Crippen LogP contribution in [-0.4, -0.2) is 17.0 Å². The first-order chi connectivity index (χ1) is 13.7. The molecule has 0 radical (unpaired) electrons. The van der Waals surface area contributed by atoms with Crippen molar-refractivity contribution in [1.29, 1.82) is 0 Å². The number of hydrogen-bond acceptors (Lipinski definition) is 2. The number of aliphatic hydroxyl groups excluding tert-OH is 1. The SMILES string of the molecule is CC(C)CCC[C@@H](C)[C@H]1CC[C@H]2C3=C(CC[C@]12C)[C@@]1(C)CCC(O)CC1CC3=O. The highest BCUT2D eigenvalue weighted by atomic mass is 16.3. The second-order valence-electron chi connectivity index (χ2n) is 12.1. The number of allylic oxidation sites excluding steroid dienone is 2. The molecule has 2 fully saturated rings. The number of carbonyl (C=O) groups excluding carboxylic acids is 1. The summed E-state index contributed by atoms with van der Waals surface area (Å²) in [6, 6.07) is 0. The predicted octanol–water partition coefficient (Wildman–Crippen LogP) is 6.71. The lowest BCUT2D eigenvalue weighted by molar-refractivity contribution is -0.121. The van der Waals surface area contributed by atoms with Gasteiger partial charge >= 0.3 is 0 Å². The van der Waals surface area contributed by atoms with Crippen LogP contribution in [0.15, 0.2) is 11.1 Å². The van der Waals surface area contributed by atoms with Crippen LogP contribution in [0.1, 0.15) is 105 Å². The summed E-state index contributed by atoms with van der Waals surface area (Å²) in [6.07, 6.45) is 12.3. The van der Waals surface area contributed by atoms with Crippen molar-refractivity contribution in [3.8, 4) is 0 Å². The number of rotatable bonds is 5. The van der Waals surface area contributed by atoms with E-state index in [1.54, 1.807) is 0 Å². The number of Topliss-reactive ketones (excluding diaryl/α,β-unsaturated/α-hetero) is 1. The van der Waals surface area contributed by atoms with E-state index in [4.69, 9.17) is 0 Å². The van der Waals surface area contributed by atoms with E-state index < -0.39 is 0 Å². The number of carbonyl (C=O) groups is 1. The molecule has 0 spiro atoms. The van der Waals surface area contributed by atoms with Crippen LogP contribution in [0.3, 0.4) is 0 Å². The lowest BCUT2D eigenvalue weighted by Gasteiger charge is -2.54. The molecule has 0 bridgehead atoms. The Morgan fingerprint density at radius 2 is 1.83 bits per heavy atom. The maximum Gasteiger partial charge on any atom is 0.159 e. The maximum atomic E-state index is 13.4. The van der Waals surface area contributed by atoms with E-state index in [0.717, 1.165) is 43.4 Å². The molecule has 0 aliphatic heterocycles. The highest BCUT2D eigenvalue weighted by molar-refractivity contribution is 5.98. The largest absolute Gasteiger partial charge is 0.393 e. The molecular formula is C27H44O2. The Morgan fingerprint density at radius 3 is 2.55 bits per heavy atom. The molecule has 0 aromatic carbocycles. The van der Waals surface area contributed by atoms with Gasteiger partial charge in [0.05, 0.1) is 6.10 Å². The Morgan fingerprint density at radius 1 is 1.07 bits per heavy atom. The third-order valence-corrected chi connectivity index (χ3v) is 10.0. The van der Waals surface area contributed by atoms with Gasteiger partial charge in [0.2, 0.25) is 0 Å². The summed E-state index contributed by atoms with van der Waals surface area (Å²) in [4.78, 5) is 13.4. The van der Waals surface area contributed by atoms with Crippen molar-refractivity contribution in [2.75, 3.05) is 0 Å². The molecule has 2 unspecified atom stereocenters. The van der Waals surface area contributed by atoms with Crippen molar-refractivity contribution in [1.82, 2.24) is 0 Å². The number of fused-ring (bicyclic) bond motifs is 4. The minimum absolute atomic E-state index is 0.171. The molecule has 4 aliphatic rings. The standard InChI is InChI=1S/C27H44O2/c1-17(2)7-6-8-18(3)21-9-10-22-25-23(12-14-27(21,22)5)26(4)13-11-20(28)15-19(26)16-24(25)29/h17-22,28H,6-16H2,1-5H3/t18-,19?,20?,21-,22+,26+,27-/m1/s1. The zero-order valence-electron chi connectivity index (χ0n) is 19.6. The first kappa shape index (κ1) is 21.6. The maximum absolute atomic E-state index is 13.4. The van der Waals surface area contributed by atoms with E-state index in [-0.39, 0.29) is 11.5 Å². The Balaban J connectivity index is 1.58. The zero-order chi connectivity index (χ0) is 21.0. The lowest BCUT2D eigenvalue weighted by atomic mass is 9.50. The molecule has 7 atom stereocenters. The molecule has 0 amide bonds. The zero-order valence-corrected chi connectivity index (χ0v) is 19.6. The van der Waals surface area contributed by atoms with Gasteiger partial charge in [-0.05, 0) is 90.9 Å². The third-order valence-electron chi connectivity index (χ3n) is 10.0. The van der Waals surface area contributed by atoms with Gasteiger partial charge < -0.3 is 5.11 Å². The fourth-order valence-electron chi connectivity index (χ4n) is 8.19. The summed E-state index contributed by atoms with van der Waals surface area (Å²) in [5, 5.41) is 10.2. The Hall–Kier alpha value is -0.630. The van der Waals surface area contributed by atoms with Crippen LogP contribution in [0.2, 0.25) is 0 Å². The second-order valence-corrected chi connectivity index (χ2v) is 12.1. The molecule has 4 rings (SSSR count). The first-order valence-electron chi connectivity index (χ1n) is 12.6. The third kappa shape index (κ3) is 3.56. The van der Waals surface area contributed by atoms with Crippen molar-refractivity contribution < 1.29 is 9.90 Å². The van der Waals surface area contributed by atoms with Gasteiger partial charge in [-0.2, -0.15) is 0 Å². The van der Waals surface area contributed by atoms with Gasteiger partial charge in [0.25, 0.3) is 0 Å². The van der Waals surface area contributed by atoms with Gasteiger partial charge in [0, 0.05) is 6.42 Å². The fraction of sp³-hybridized carbons (Fsp3) is 0.889. The van der Waals surface area contributed by atoms with Crippen LogP contribution in [0.4, 0.5) is 0 Å². The molecular weight excluding hydrogens is 356 g/mol. The normalized spacial score (nSPS) is 43.2. The van der Waals surface area contributed by atoms with Gasteiger partial charge in [-0.3, -0.25) is 4.79 Å². The van der Waals surface area contributed by atoms with E-state index in [9.17, 15) is 9.90 Å². The quantitative estimate of drug-likeness (QED) is 0.556. The molecule has 29 heavy (non-hydrogen) atoms. The second kappa shape index (κ2) is 7.81. The Kier molecular flexibility index (Phi) is 5.82. The smallest absolute Gasteiger partial charge is 0.159 e. The van der Waals surface area contributed by atoms with Crippen LogP contribution in [0, 0.1) is 40.4 Å². The van der Waals surface area contributed by atoms with Crippen LogP contribution in [0.25, 0.3) is 0 Å². The number of hydrogen-bond donors (Lipinski definition) is 1. The van der Waals surface area contributed by atoms with E-state index in [2.05, 4.69) is 34.6 Å². The molecule has 0 aromatic rings. The van der Waals surface area contributed by atoms with Crippen molar-refractivity contribution in [3.05, 3.63) is 11.1 Å². The van der Waals surface area contributed by atoms with Gasteiger partial charge in [0.15, 0.2) is 5.78 Å². The minimum Gasteiger partial charge on any atom is -0.393 e. The molecule has 1 N–H and O–H groups in total. The Labute approximate surface area is 178 Å². The molecule has 0 heterocycles. The molecule has 0 saturated heterocycles. The van der Waals surface area contributed by atoms with Gasteiger partial charge in [-0.1, -0.05) is 59.5 Å². The van der Waals surface area contributed by atoms with E-state index in [1.807, 2.05) is 0 Å². The van der Waals surface area contributed by atoms with Gasteiger partial charge in [-0.15, -0.1) is 0 Å². The van der Waals surface area contributed by atoms with E-state index in [1.165, 1.54) is 49.7 Å². The predicted molar refractivity (Wildman–Crippen MR) is 120 cm³/mol. The average molecular weight is 401 g/mol. The fourth-order valence-corrected chi connectivity index (χ4v) is 8.19. The average Bonchev–Trinajstić information content (AvgIpc) is 3.00. The van der Waals surface area contributed by atoms with Crippen molar-refractivity contribution in [3.63, 3.8) is 0 Å². The highest BCUT2D eigenvalue weighted by Gasteiger charge is 2.57. The highest BCUT2D eigenvalue weighted by Crippen LogP contribution is 2.65. The van der Waals surface area contributed by atoms with Crippen molar-refractivity contribution in [2.24, 2.45) is 40.4 Å². The van der Waals surface area contributed by atoms with E-state index >= 15 is 0 Å². The summed E-state index contributed by atoms with van der Waals surface area (Å²) >= 11 is 0. The number of ketones is 1. The summed E-state index contributed by atoms with van der Waals surface area (Å²) < 4.78 is 0. The van der Waals surface area contributed by atoms with Crippen LogP contribution < -0.4 is 0 Å². The van der Waals surface area contributed by atoms with Crippen LogP contribution in [0.5, 0.6) is 0 Å². The Bertz CT molecular complexity index is 676. The lowest BCUT2D eigenvalue weighted by Crippen LogP contribution is -2.48. The van der Waals surface area contributed by atoms with Crippen molar-refractivity contribution >= 4 is 5.78 Å². The molecule has 2 nitrogen and oxygen atoms in total. The monoisotopic (exact) mass is 400 g/mol. The van der Waals surface area contributed by atoms with Gasteiger partial charge in [-0.25, -0.2) is 0 Å². The molecule has 2 saturated carbocycles. The topological polar surface area (TPSA) is 37.3 Å². The number of aliphatic hydroxyl groups is 1. The van der Waals surface area contributed by atoms with Crippen molar-refractivity contribution in [2.45, 2.75) is 111 Å². The summed E-state index contributed by atoms with van der Waals surface area (Å²) in [5.74, 6) is 3.67. The minimum atomic E-state index is -0.195.